The summed E-state index contributed by atoms with van der Waals surface area (Å²) in [7, 11) is 3.52. The Morgan fingerprint density at radius 1 is 1.45 bits per heavy atom. The number of ether oxygens (including phenoxy) is 1. The molecule has 1 heterocycles. The first-order valence-corrected chi connectivity index (χ1v) is 6.65. The van der Waals surface area contributed by atoms with Crippen molar-refractivity contribution in [3.8, 4) is 5.75 Å². The van der Waals surface area contributed by atoms with Gasteiger partial charge in [-0.05, 0) is 26.0 Å². The van der Waals surface area contributed by atoms with Crippen molar-refractivity contribution in [2.24, 2.45) is 5.41 Å². The van der Waals surface area contributed by atoms with Gasteiger partial charge in [0.05, 0.1) is 12.5 Å². The highest BCUT2D eigenvalue weighted by Gasteiger charge is 2.38. The molecule has 1 N–H and O–H groups in total. The van der Waals surface area contributed by atoms with E-state index in [0.717, 1.165) is 30.8 Å². The van der Waals surface area contributed by atoms with E-state index >= 15 is 0 Å². The number of methoxy groups -OCH3 is 1. The normalized spacial score (nSPS) is 21.1. The molecule has 1 aliphatic rings. The number of hydrogen-bond donors (Lipinski definition) is 1. The summed E-state index contributed by atoms with van der Waals surface area (Å²) in [4.78, 5) is 14.3. The Labute approximate surface area is 126 Å². The summed E-state index contributed by atoms with van der Waals surface area (Å²) in [6.45, 7) is 4.30. The van der Waals surface area contributed by atoms with Crippen LogP contribution in [0, 0.1) is 5.41 Å². The molecule has 0 bridgehead atoms. The van der Waals surface area contributed by atoms with E-state index in [1.54, 1.807) is 12.0 Å². The van der Waals surface area contributed by atoms with E-state index in [0.29, 0.717) is 6.54 Å². The summed E-state index contributed by atoms with van der Waals surface area (Å²) < 4.78 is 5.33. The summed E-state index contributed by atoms with van der Waals surface area (Å²) >= 11 is 0. The van der Waals surface area contributed by atoms with Gasteiger partial charge in [-0.3, -0.25) is 4.79 Å². The monoisotopic (exact) mass is 298 g/mol. The number of halogens is 1. The highest BCUT2D eigenvalue weighted by molar-refractivity contribution is 5.85. The zero-order chi connectivity index (χ0) is 13.9. The summed E-state index contributed by atoms with van der Waals surface area (Å²) in [5.74, 6) is 1.03. The number of benzene rings is 1. The Kier molecular flexibility index (Phi) is 5.84. The number of nitrogens with one attached hydrogen (secondary N) is 1. The molecule has 1 atom stereocenters. The maximum Gasteiger partial charge on any atom is 0.229 e. The quantitative estimate of drug-likeness (QED) is 0.925. The predicted octanol–water partition coefficient (Wildman–Crippen LogP) is 2.08. The van der Waals surface area contributed by atoms with Gasteiger partial charge in [0.15, 0.2) is 0 Å². The number of hydrogen-bond acceptors (Lipinski definition) is 3. The van der Waals surface area contributed by atoms with Gasteiger partial charge in [-0.2, -0.15) is 0 Å². The van der Waals surface area contributed by atoms with Crippen molar-refractivity contribution in [2.75, 3.05) is 27.2 Å². The Morgan fingerprint density at radius 3 is 2.75 bits per heavy atom. The second-order valence-corrected chi connectivity index (χ2v) is 5.46. The van der Waals surface area contributed by atoms with Crippen LogP contribution in [0.2, 0.25) is 0 Å². The third kappa shape index (κ3) is 3.44. The fourth-order valence-electron chi connectivity index (χ4n) is 2.62. The smallest absolute Gasteiger partial charge is 0.229 e. The van der Waals surface area contributed by atoms with Crippen LogP contribution in [0.4, 0.5) is 0 Å². The average Bonchev–Trinajstić information content (AvgIpc) is 2.86. The molecule has 1 aromatic rings. The molecule has 2 rings (SSSR count). The maximum absolute atomic E-state index is 12.5. The van der Waals surface area contributed by atoms with Gasteiger partial charge in [-0.25, -0.2) is 0 Å². The lowest BCUT2D eigenvalue weighted by atomic mass is 9.88. The van der Waals surface area contributed by atoms with Crippen LogP contribution in [0.25, 0.3) is 0 Å². The Bertz CT molecular complexity index is 459. The summed E-state index contributed by atoms with van der Waals surface area (Å²) in [5, 5.41) is 3.26. The van der Waals surface area contributed by atoms with Crippen molar-refractivity contribution in [3.05, 3.63) is 29.8 Å². The van der Waals surface area contributed by atoms with Gasteiger partial charge in [-0.1, -0.05) is 18.2 Å². The molecule has 0 aliphatic carbocycles. The van der Waals surface area contributed by atoms with Crippen molar-refractivity contribution in [1.82, 2.24) is 10.2 Å². The van der Waals surface area contributed by atoms with Crippen molar-refractivity contribution in [3.63, 3.8) is 0 Å². The summed E-state index contributed by atoms with van der Waals surface area (Å²) in [5.41, 5.74) is 0.770. The van der Waals surface area contributed by atoms with Gasteiger partial charge in [0, 0.05) is 25.7 Å². The molecule has 1 unspecified atom stereocenters. The minimum Gasteiger partial charge on any atom is -0.496 e. The molecule has 112 valence electrons. The van der Waals surface area contributed by atoms with Crippen LogP contribution < -0.4 is 10.1 Å². The Balaban J connectivity index is 0.00000200. The molecular formula is C15H23ClN2O2. The van der Waals surface area contributed by atoms with Crippen LogP contribution >= 0.6 is 12.4 Å². The first-order valence-electron chi connectivity index (χ1n) is 6.65. The minimum absolute atomic E-state index is 0. The van der Waals surface area contributed by atoms with E-state index in [4.69, 9.17) is 4.74 Å². The molecule has 1 saturated heterocycles. The standard InChI is InChI=1S/C15H22N2O2.ClH/c1-15(8-9-16-11-15)14(18)17(2)10-12-6-4-5-7-13(12)19-3;/h4-7,16H,8-11H2,1-3H3;1H. The van der Waals surface area contributed by atoms with Crippen molar-refractivity contribution < 1.29 is 9.53 Å². The molecule has 1 fully saturated rings. The van der Waals surface area contributed by atoms with Crippen LogP contribution in [0.5, 0.6) is 5.75 Å². The maximum atomic E-state index is 12.5. The predicted molar refractivity (Wildman–Crippen MR) is 82.3 cm³/mol. The third-order valence-corrected chi connectivity index (χ3v) is 3.83. The molecule has 1 aromatic carbocycles. The van der Waals surface area contributed by atoms with Crippen LogP contribution in [0.3, 0.4) is 0 Å². The second-order valence-electron chi connectivity index (χ2n) is 5.46. The number of rotatable bonds is 4. The van der Waals surface area contributed by atoms with E-state index < -0.39 is 0 Å². The van der Waals surface area contributed by atoms with Crippen LogP contribution in [0.1, 0.15) is 18.9 Å². The molecule has 1 amide bonds. The average molecular weight is 299 g/mol. The number of amides is 1. The van der Waals surface area contributed by atoms with Gasteiger partial charge in [0.25, 0.3) is 0 Å². The SMILES string of the molecule is COc1ccccc1CN(C)C(=O)C1(C)CCNC1.Cl. The molecule has 1 aliphatic heterocycles. The van der Waals surface area contributed by atoms with E-state index in [2.05, 4.69) is 5.32 Å². The molecular weight excluding hydrogens is 276 g/mol. The molecule has 0 spiro atoms. The second kappa shape index (κ2) is 6.95. The van der Waals surface area contributed by atoms with Gasteiger partial charge >= 0.3 is 0 Å². The van der Waals surface area contributed by atoms with Crippen molar-refractivity contribution >= 4 is 18.3 Å². The molecule has 20 heavy (non-hydrogen) atoms. The van der Waals surface area contributed by atoms with E-state index in [-0.39, 0.29) is 23.7 Å². The van der Waals surface area contributed by atoms with Crippen LogP contribution in [-0.2, 0) is 11.3 Å². The first-order chi connectivity index (χ1) is 9.07. The topological polar surface area (TPSA) is 41.6 Å². The third-order valence-electron chi connectivity index (χ3n) is 3.83. The number of para-hydroxylation sites is 1. The highest BCUT2D eigenvalue weighted by atomic mass is 35.5. The van der Waals surface area contributed by atoms with Crippen molar-refractivity contribution in [2.45, 2.75) is 19.9 Å². The van der Waals surface area contributed by atoms with Gasteiger partial charge in [0.1, 0.15) is 5.75 Å². The Morgan fingerprint density at radius 2 is 2.15 bits per heavy atom. The van der Waals surface area contributed by atoms with Crippen LogP contribution in [-0.4, -0.2) is 38.1 Å². The highest BCUT2D eigenvalue weighted by Crippen LogP contribution is 2.28. The van der Waals surface area contributed by atoms with Crippen molar-refractivity contribution in [1.29, 1.82) is 0 Å². The molecule has 0 saturated carbocycles. The van der Waals surface area contributed by atoms with E-state index in [9.17, 15) is 4.79 Å². The zero-order valence-electron chi connectivity index (χ0n) is 12.3. The summed E-state index contributed by atoms with van der Waals surface area (Å²) in [6, 6.07) is 7.83. The number of nitrogens with zero attached hydrogens (tertiary/aromatic N) is 1. The fourth-order valence-corrected chi connectivity index (χ4v) is 2.62. The molecule has 0 aromatic heterocycles. The fraction of sp³-hybridized carbons (Fsp3) is 0.533. The van der Waals surface area contributed by atoms with Crippen LogP contribution in [0.15, 0.2) is 24.3 Å². The lowest BCUT2D eigenvalue weighted by Crippen LogP contribution is -2.41. The van der Waals surface area contributed by atoms with E-state index in [1.807, 2.05) is 38.2 Å². The Hall–Kier alpha value is -1.26. The molecule has 5 heteroatoms. The van der Waals surface area contributed by atoms with Gasteiger partial charge in [0.2, 0.25) is 5.91 Å². The van der Waals surface area contributed by atoms with E-state index in [1.165, 1.54) is 0 Å². The zero-order valence-corrected chi connectivity index (χ0v) is 13.1. The number of carbonyl (C=O) groups is 1. The molecule has 4 nitrogen and oxygen atoms in total. The summed E-state index contributed by atoms with van der Waals surface area (Å²) in [6.07, 6.45) is 0.905. The minimum atomic E-state index is -0.267. The number of carbonyl (C=O) groups excluding carboxylic acids is 1. The lowest BCUT2D eigenvalue weighted by Gasteiger charge is -2.28. The largest absolute Gasteiger partial charge is 0.496 e. The molecule has 0 radical (unpaired) electrons. The van der Waals surface area contributed by atoms with Gasteiger partial charge < -0.3 is 15.0 Å². The van der Waals surface area contributed by atoms with Gasteiger partial charge in [-0.15, -0.1) is 12.4 Å². The first kappa shape index (κ1) is 16.8. The lowest BCUT2D eigenvalue weighted by molar-refractivity contribution is -0.139.